The normalized spacial score (nSPS) is 11.4. The van der Waals surface area contributed by atoms with Gasteiger partial charge in [-0.15, -0.1) is 11.3 Å². The van der Waals surface area contributed by atoms with Crippen LogP contribution in [0, 0.1) is 5.82 Å². The fourth-order valence-corrected chi connectivity index (χ4v) is 2.71. The van der Waals surface area contributed by atoms with Crippen LogP contribution in [0.2, 0.25) is 0 Å². The van der Waals surface area contributed by atoms with Gasteiger partial charge in [0.25, 0.3) is 0 Å². The smallest absolute Gasteiger partial charge is 0.349 e. The van der Waals surface area contributed by atoms with Gasteiger partial charge >= 0.3 is 5.97 Å². The van der Waals surface area contributed by atoms with Gasteiger partial charge in [-0.2, -0.15) is 0 Å². The monoisotopic (exact) mass is 279 g/mol. The van der Waals surface area contributed by atoms with Crippen LogP contribution in [0.25, 0.3) is 0 Å². The van der Waals surface area contributed by atoms with E-state index in [1.54, 1.807) is 12.1 Å². The molecule has 0 saturated carbocycles. The van der Waals surface area contributed by atoms with Gasteiger partial charge in [0.15, 0.2) is 0 Å². The Morgan fingerprint density at radius 3 is 2.53 bits per heavy atom. The van der Waals surface area contributed by atoms with E-state index < -0.39 is 5.97 Å². The van der Waals surface area contributed by atoms with Gasteiger partial charge in [0.1, 0.15) is 15.7 Å². The number of rotatable bonds is 3. The number of hydrogen-bond donors (Lipinski definition) is 0. The summed E-state index contributed by atoms with van der Waals surface area (Å²) in [6, 6.07) is 6.31. The first-order valence-electron chi connectivity index (χ1n) is 5.76. The van der Waals surface area contributed by atoms with Crippen molar-refractivity contribution in [1.29, 1.82) is 0 Å². The lowest BCUT2D eigenvalue weighted by molar-refractivity contribution is 0.0606. The molecule has 0 fully saturated rings. The minimum Gasteiger partial charge on any atom is -0.465 e. The summed E-state index contributed by atoms with van der Waals surface area (Å²) in [4.78, 5) is 16.2. The van der Waals surface area contributed by atoms with Gasteiger partial charge in [-0.3, -0.25) is 0 Å². The van der Waals surface area contributed by atoms with Crippen molar-refractivity contribution in [3.63, 3.8) is 0 Å². The van der Waals surface area contributed by atoms with E-state index in [4.69, 9.17) is 0 Å². The molecule has 0 bridgehead atoms. The maximum atomic E-state index is 13.0. The van der Waals surface area contributed by atoms with Gasteiger partial charge in [0.05, 0.1) is 13.3 Å². The maximum Gasteiger partial charge on any atom is 0.349 e. The molecule has 3 nitrogen and oxygen atoms in total. The molecule has 1 aromatic heterocycles. The van der Waals surface area contributed by atoms with E-state index in [0.717, 1.165) is 10.6 Å². The number of ether oxygens (including phenoxy) is 1. The topological polar surface area (TPSA) is 39.2 Å². The van der Waals surface area contributed by atoms with Gasteiger partial charge < -0.3 is 4.74 Å². The first-order valence-corrected chi connectivity index (χ1v) is 6.57. The molecule has 0 radical (unpaired) electrons. The summed E-state index contributed by atoms with van der Waals surface area (Å²) in [6.07, 6.45) is 1.51. The number of esters is 1. The second-order valence-electron chi connectivity index (χ2n) is 4.65. The largest absolute Gasteiger partial charge is 0.465 e. The van der Waals surface area contributed by atoms with Gasteiger partial charge in [-0.1, -0.05) is 12.1 Å². The van der Waals surface area contributed by atoms with Crippen molar-refractivity contribution < 1.29 is 13.9 Å². The summed E-state index contributed by atoms with van der Waals surface area (Å²) in [5.74, 6) is -0.660. The molecule has 100 valence electrons. The summed E-state index contributed by atoms with van der Waals surface area (Å²) in [5.41, 5.74) is 0.560. The second kappa shape index (κ2) is 5.09. The van der Waals surface area contributed by atoms with Crippen LogP contribution >= 0.6 is 11.3 Å². The molecule has 0 unspecified atom stereocenters. The number of aromatic nitrogens is 1. The molecular weight excluding hydrogens is 265 g/mol. The van der Waals surface area contributed by atoms with Crippen LogP contribution in [0.5, 0.6) is 0 Å². The van der Waals surface area contributed by atoms with Gasteiger partial charge in [0.2, 0.25) is 0 Å². The summed E-state index contributed by atoms with van der Waals surface area (Å²) in [5, 5.41) is 0.791. The highest BCUT2D eigenvalue weighted by molar-refractivity contribution is 7.13. The van der Waals surface area contributed by atoms with Crippen LogP contribution in [0.3, 0.4) is 0 Å². The van der Waals surface area contributed by atoms with E-state index in [0.29, 0.717) is 4.88 Å². The van der Waals surface area contributed by atoms with Crippen LogP contribution in [0.15, 0.2) is 30.5 Å². The zero-order valence-electron chi connectivity index (χ0n) is 10.9. The third-order valence-corrected chi connectivity index (χ3v) is 4.29. The number of thiazole rings is 1. The van der Waals surface area contributed by atoms with Crippen molar-refractivity contribution in [2.45, 2.75) is 19.3 Å². The Kier molecular flexibility index (Phi) is 3.66. The maximum absolute atomic E-state index is 13.0. The van der Waals surface area contributed by atoms with Crippen molar-refractivity contribution in [1.82, 2.24) is 4.98 Å². The Morgan fingerprint density at radius 1 is 1.32 bits per heavy atom. The minimum atomic E-state index is -0.390. The van der Waals surface area contributed by atoms with E-state index >= 15 is 0 Å². The first-order chi connectivity index (χ1) is 8.95. The molecule has 1 heterocycles. The molecule has 5 heteroatoms. The lowest BCUT2D eigenvalue weighted by atomic mass is 9.85. The van der Waals surface area contributed by atoms with Crippen LogP contribution < -0.4 is 0 Å². The molecule has 0 atom stereocenters. The zero-order valence-corrected chi connectivity index (χ0v) is 11.8. The third-order valence-electron chi connectivity index (χ3n) is 2.99. The van der Waals surface area contributed by atoms with E-state index in [-0.39, 0.29) is 11.2 Å². The summed E-state index contributed by atoms with van der Waals surface area (Å²) in [6.45, 7) is 3.97. The number of halogens is 1. The lowest BCUT2D eigenvalue weighted by Crippen LogP contribution is -2.18. The molecule has 19 heavy (non-hydrogen) atoms. The molecular formula is C14H14FNO2S. The molecule has 1 aromatic carbocycles. The SMILES string of the molecule is COC(=O)c1cnc(C(C)(C)c2ccc(F)cc2)s1. The van der Waals surface area contributed by atoms with E-state index in [1.807, 2.05) is 13.8 Å². The third kappa shape index (κ3) is 2.66. The molecule has 0 aliphatic rings. The fourth-order valence-electron chi connectivity index (χ4n) is 1.75. The van der Waals surface area contributed by atoms with E-state index in [1.165, 1.54) is 36.8 Å². The minimum absolute atomic E-state index is 0.270. The van der Waals surface area contributed by atoms with E-state index in [9.17, 15) is 9.18 Å². The molecule has 0 aliphatic heterocycles. The molecule has 2 rings (SSSR count). The highest BCUT2D eigenvalue weighted by Crippen LogP contribution is 2.34. The number of nitrogens with zero attached hydrogens (tertiary/aromatic N) is 1. The number of methoxy groups -OCH3 is 1. The van der Waals surface area contributed by atoms with Gasteiger partial charge in [0, 0.05) is 5.41 Å². The van der Waals surface area contributed by atoms with Crippen LogP contribution in [-0.2, 0) is 10.2 Å². The average Bonchev–Trinajstić information content (AvgIpc) is 2.88. The second-order valence-corrected chi connectivity index (χ2v) is 5.68. The molecule has 0 amide bonds. The lowest BCUT2D eigenvalue weighted by Gasteiger charge is -2.22. The molecule has 0 spiro atoms. The highest BCUT2D eigenvalue weighted by Gasteiger charge is 2.27. The van der Waals surface area contributed by atoms with Crippen molar-refractivity contribution in [3.05, 3.63) is 51.7 Å². The van der Waals surface area contributed by atoms with Crippen LogP contribution in [-0.4, -0.2) is 18.1 Å². The quantitative estimate of drug-likeness (QED) is 0.808. The van der Waals surface area contributed by atoms with Gasteiger partial charge in [-0.05, 0) is 31.5 Å². The Labute approximate surface area is 115 Å². The Morgan fingerprint density at radius 2 is 1.95 bits per heavy atom. The number of hydrogen-bond acceptors (Lipinski definition) is 4. The summed E-state index contributed by atoms with van der Waals surface area (Å²) < 4.78 is 17.6. The average molecular weight is 279 g/mol. The Balaban J connectivity index is 2.36. The fraction of sp³-hybridized carbons (Fsp3) is 0.286. The predicted molar refractivity (Wildman–Crippen MR) is 72.0 cm³/mol. The Hall–Kier alpha value is -1.75. The molecule has 0 aliphatic carbocycles. The van der Waals surface area contributed by atoms with Crippen molar-refractivity contribution in [2.24, 2.45) is 0 Å². The number of benzene rings is 1. The van der Waals surface area contributed by atoms with Gasteiger partial charge in [-0.25, -0.2) is 14.2 Å². The Bertz CT molecular complexity index is 590. The van der Waals surface area contributed by atoms with Crippen molar-refractivity contribution in [2.75, 3.05) is 7.11 Å². The van der Waals surface area contributed by atoms with Crippen LogP contribution in [0.1, 0.15) is 34.1 Å². The highest BCUT2D eigenvalue weighted by atomic mass is 32.1. The zero-order chi connectivity index (χ0) is 14.0. The number of carbonyl (C=O) groups excluding carboxylic acids is 1. The summed E-state index contributed by atoms with van der Waals surface area (Å²) >= 11 is 1.29. The molecule has 2 aromatic rings. The van der Waals surface area contributed by atoms with E-state index in [2.05, 4.69) is 9.72 Å². The standard InChI is InChI=1S/C14H14FNO2S/c1-14(2,9-4-6-10(15)7-5-9)13-16-8-11(19-13)12(17)18-3/h4-8H,1-3H3. The van der Waals surface area contributed by atoms with Crippen LogP contribution in [0.4, 0.5) is 4.39 Å². The molecule has 0 N–H and O–H groups in total. The molecule has 0 saturated heterocycles. The number of carbonyl (C=O) groups is 1. The first kappa shape index (κ1) is 13.7. The summed E-state index contributed by atoms with van der Waals surface area (Å²) in [7, 11) is 1.34. The predicted octanol–water partition coefficient (Wildman–Crippen LogP) is 3.39. The van der Waals surface area contributed by atoms with Crippen molar-refractivity contribution in [3.8, 4) is 0 Å². The van der Waals surface area contributed by atoms with Crippen molar-refractivity contribution >= 4 is 17.3 Å².